The molecule has 2 aromatic heterocycles. The van der Waals surface area contributed by atoms with Crippen molar-refractivity contribution in [3.8, 4) is 5.75 Å². The molecule has 4 aromatic rings. The van der Waals surface area contributed by atoms with Gasteiger partial charge in [0.1, 0.15) is 11.3 Å². The van der Waals surface area contributed by atoms with Crippen molar-refractivity contribution in [2.45, 2.75) is 6.54 Å². The molecule has 158 valence electrons. The summed E-state index contributed by atoms with van der Waals surface area (Å²) in [7, 11) is 1.60. The summed E-state index contributed by atoms with van der Waals surface area (Å²) < 4.78 is 6.93. The molecule has 1 saturated heterocycles. The Kier molecular flexibility index (Phi) is 4.91. The van der Waals surface area contributed by atoms with Crippen molar-refractivity contribution in [2.75, 3.05) is 39.0 Å². The summed E-state index contributed by atoms with van der Waals surface area (Å²) in [5, 5.41) is 5.30. The first-order valence-corrected chi connectivity index (χ1v) is 10.3. The van der Waals surface area contributed by atoms with Gasteiger partial charge in [0.25, 0.3) is 5.91 Å². The van der Waals surface area contributed by atoms with E-state index < -0.39 is 0 Å². The van der Waals surface area contributed by atoms with Crippen LogP contribution in [0.1, 0.15) is 16.1 Å². The van der Waals surface area contributed by atoms with Gasteiger partial charge >= 0.3 is 0 Å². The van der Waals surface area contributed by atoms with Gasteiger partial charge in [0.2, 0.25) is 5.95 Å². The summed E-state index contributed by atoms with van der Waals surface area (Å²) in [5.74, 6) is 0.771. The summed E-state index contributed by atoms with van der Waals surface area (Å²) >= 11 is 0. The SMILES string of the molecule is COc1cccc2c1nc(N)n1nc(C(=O)N3CCN(Cc4ccccc4)CC3)cc21. The Labute approximate surface area is 179 Å². The molecular formula is C23H24N6O2. The smallest absolute Gasteiger partial charge is 0.274 e. The maximum atomic E-state index is 13.2. The largest absolute Gasteiger partial charge is 0.494 e. The minimum atomic E-state index is -0.0847. The third-order valence-electron chi connectivity index (χ3n) is 5.78. The number of hydrogen-bond donors (Lipinski definition) is 1. The highest BCUT2D eigenvalue weighted by Crippen LogP contribution is 2.29. The summed E-state index contributed by atoms with van der Waals surface area (Å²) in [5.41, 5.74) is 9.19. The number of aromatic nitrogens is 3. The maximum absolute atomic E-state index is 13.2. The summed E-state index contributed by atoms with van der Waals surface area (Å²) in [6.07, 6.45) is 0. The van der Waals surface area contributed by atoms with Gasteiger partial charge in [-0.2, -0.15) is 9.61 Å². The lowest BCUT2D eigenvalue weighted by atomic mass is 10.2. The zero-order valence-corrected chi connectivity index (χ0v) is 17.4. The van der Waals surface area contributed by atoms with Crippen LogP contribution in [0.25, 0.3) is 16.4 Å². The number of ether oxygens (including phenoxy) is 1. The predicted molar refractivity (Wildman–Crippen MR) is 119 cm³/mol. The van der Waals surface area contributed by atoms with Crippen LogP contribution in [0.3, 0.4) is 0 Å². The van der Waals surface area contributed by atoms with Crippen LogP contribution in [0.2, 0.25) is 0 Å². The Morgan fingerprint density at radius 3 is 2.58 bits per heavy atom. The van der Waals surface area contributed by atoms with Crippen LogP contribution in [-0.4, -0.2) is 63.6 Å². The number of piperazine rings is 1. The molecular weight excluding hydrogens is 392 g/mol. The number of amides is 1. The predicted octanol–water partition coefficient (Wildman–Crippen LogP) is 2.43. The number of carbonyl (C=O) groups excluding carboxylic acids is 1. The number of nitrogens with zero attached hydrogens (tertiary/aromatic N) is 5. The van der Waals surface area contributed by atoms with Crippen LogP contribution in [-0.2, 0) is 6.54 Å². The molecule has 0 atom stereocenters. The molecule has 8 heteroatoms. The van der Waals surface area contributed by atoms with Gasteiger partial charge in [0, 0.05) is 38.1 Å². The van der Waals surface area contributed by atoms with Crippen molar-refractivity contribution >= 4 is 28.3 Å². The van der Waals surface area contributed by atoms with Gasteiger partial charge in [0.05, 0.1) is 12.6 Å². The van der Waals surface area contributed by atoms with E-state index in [1.54, 1.807) is 13.2 Å². The van der Waals surface area contributed by atoms with Crippen molar-refractivity contribution in [3.05, 3.63) is 65.9 Å². The number of rotatable bonds is 4. The zero-order valence-electron chi connectivity index (χ0n) is 17.4. The minimum absolute atomic E-state index is 0.0847. The molecule has 0 saturated carbocycles. The van der Waals surface area contributed by atoms with Crippen molar-refractivity contribution in [1.29, 1.82) is 0 Å². The molecule has 1 amide bonds. The quantitative estimate of drug-likeness (QED) is 0.550. The second-order valence-electron chi connectivity index (χ2n) is 7.71. The number of benzene rings is 2. The lowest BCUT2D eigenvalue weighted by molar-refractivity contribution is 0.0622. The summed E-state index contributed by atoms with van der Waals surface area (Å²) in [6.45, 7) is 3.90. The Balaban J connectivity index is 1.37. The van der Waals surface area contributed by atoms with E-state index >= 15 is 0 Å². The Bertz CT molecular complexity index is 1250. The van der Waals surface area contributed by atoms with Crippen molar-refractivity contribution in [1.82, 2.24) is 24.4 Å². The highest BCUT2D eigenvalue weighted by Gasteiger charge is 2.25. The fraction of sp³-hybridized carbons (Fsp3) is 0.261. The molecule has 8 nitrogen and oxygen atoms in total. The number of carbonyl (C=O) groups is 1. The van der Waals surface area contributed by atoms with E-state index in [9.17, 15) is 4.79 Å². The van der Waals surface area contributed by atoms with Gasteiger partial charge in [-0.15, -0.1) is 0 Å². The molecule has 0 spiro atoms. The number of nitrogens with two attached hydrogens (primary N) is 1. The number of fused-ring (bicyclic) bond motifs is 3. The zero-order chi connectivity index (χ0) is 21.4. The summed E-state index contributed by atoms with van der Waals surface area (Å²) in [4.78, 5) is 21.8. The molecule has 3 heterocycles. The molecule has 0 aliphatic carbocycles. The van der Waals surface area contributed by atoms with E-state index in [1.165, 1.54) is 10.1 Å². The fourth-order valence-corrected chi connectivity index (χ4v) is 4.14. The Hall–Kier alpha value is -3.65. The minimum Gasteiger partial charge on any atom is -0.494 e. The first kappa shape index (κ1) is 19.3. The highest BCUT2D eigenvalue weighted by molar-refractivity contribution is 6.01. The van der Waals surface area contributed by atoms with E-state index in [-0.39, 0.29) is 11.9 Å². The average Bonchev–Trinajstić information content (AvgIpc) is 3.26. The van der Waals surface area contributed by atoms with E-state index in [4.69, 9.17) is 10.5 Å². The van der Waals surface area contributed by atoms with Gasteiger partial charge in [-0.05, 0) is 17.7 Å². The van der Waals surface area contributed by atoms with Gasteiger partial charge in [-0.1, -0.05) is 42.5 Å². The second kappa shape index (κ2) is 7.88. The Morgan fingerprint density at radius 1 is 1.06 bits per heavy atom. The lowest BCUT2D eigenvalue weighted by Crippen LogP contribution is -2.48. The van der Waals surface area contributed by atoms with Crippen molar-refractivity contribution in [3.63, 3.8) is 0 Å². The molecule has 1 fully saturated rings. The van der Waals surface area contributed by atoms with Crippen molar-refractivity contribution in [2.24, 2.45) is 0 Å². The molecule has 0 bridgehead atoms. The van der Waals surface area contributed by atoms with Crippen LogP contribution in [0, 0.1) is 0 Å². The van der Waals surface area contributed by atoms with Crippen LogP contribution >= 0.6 is 0 Å². The molecule has 0 radical (unpaired) electrons. The molecule has 2 aromatic carbocycles. The number of hydrogen-bond acceptors (Lipinski definition) is 6. The van der Waals surface area contributed by atoms with Gasteiger partial charge in [-0.3, -0.25) is 9.69 Å². The number of para-hydroxylation sites is 1. The third-order valence-corrected chi connectivity index (χ3v) is 5.78. The van der Waals surface area contributed by atoms with E-state index in [1.807, 2.05) is 29.2 Å². The molecule has 1 aliphatic heterocycles. The summed E-state index contributed by atoms with van der Waals surface area (Å²) in [6, 6.07) is 17.8. The molecule has 31 heavy (non-hydrogen) atoms. The standard InChI is InChI=1S/C23H24N6O2/c1-31-20-9-5-8-17-19-14-18(26-29(19)23(24)25-21(17)20)22(30)28-12-10-27(11-13-28)15-16-6-3-2-4-7-16/h2-9,14H,10-13,15H2,1H3,(H2,24,25). The average molecular weight is 416 g/mol. The van der Waals surface area contributed by atoms with Crippen LogP contribution < -0.4 is 10.5 Å². The Morgan fingerprint density at radius 2 is 1.84 bits per heavy atom. The van der Waals surface area contributed by atoms with Gasteiger partial charge < -0.3 is 15.4 Å². The van der Waals surface area contributed by atoms with E-state index in [2.05, 4.69) is 39.2 Å². The maximum Gasteiger partial charge on any atom is 0.274 e. The molecule has 1 aliphatic rings. The topological polar surface area (TPSA) is 89.0 Å². The number of anilines is 1. The molecule has 5 rings (SSSR count). The number of methoxy groups -OCH3 is 1. The van der Waals surface area contributed by atoms with Crippen molar-refractivity contribution < 1.29 is 9.53 Å². The normalized spacial score (nSPS) is 14.9. The van der Waals surface area contributed by atoms with Gasteiger partial charge in [0.15, 0.2) is 5.69 Å². The van der Waals surface area contributed by atoms with Gasteiger partial charge in [-0.25, -0.2) is 4.98 Å². The fourth-order valence-electron chi connectivity index (χ4n) is 4.14. The first-order valence-electron chi connectivity index (χ1n) is 10.3. The second-order valence-corrected chi connectivity index (χ2v) is 7.71. The van der Waals surface area contributed by atoms with Crippen LogP contribution in [0.15, 0.2) is 54.6 Å². The molecule has 2 N–H and O–H groups in total. The number of nitrogen functional groups attached to an aromatic ring is 1. The van der Waals surface area contributed by atoms with E-state index in [0.29, 0.717) is 30.0 Å². The molecule has 0 unspecified atom stereocenters. The monoisotopic (exact) mass is 416 g/mol. The van der Waals surface area contributed by atoms with Crippen LogP contribution in [0.4, 0.5) is 5.95 Å². The third kappa shape index (κ3) is 3.55. The van der Waals surface area contributed by atoms with E-state index in [0.717, 1.165) is 30.5 Å². The van der Waals surface area contributed by atoms with Crippen LogP contribution in [0.5, 0.6) is 5.75 Å². The first-order chi connectivity index (χ1) is 15.1. The lowest BCUT2D eigenvalue weighted by Gasteiger charge is -2.34. The highest BCUT2D eigenvalue weighted by atomic mass is 16.5.